The SMILES string of the molecule is COc1cc(C2=CC(=CC3=C([O-])C(=Cc4cc(-c5cc(OC)c(Br)c(OC)c5)[o+]c(C(C)(C)C)c4)C3=O)C=C(C(C)(C)C)O2)cc(OC)c1Br. The van der Waals surface area contributed by atoms with Crippen LogP contribution >= 0.6 is 31.9 Å². The number of ether oxygens (including phenoxy) is 5. The van der Waals surface area contributed by atoms with E-state index in [0.717, 1.165) is 0 Å². The Morgan fingerprint density at radius 3 is 1.70 bits per heavy atom. The molecule has 10 heteroatoms. The van der Waals surface area contributed by atoms with Crippen LogP contribution in [0.5, 0.6) is 23.0 Å². The van der Waals surface area contributed by atoms with E-state index in [9.17, 15) is 9.90 Å². The number of ketones is 1. The summed E-state index contributed by atoms with van der Waals surface area (Å²) in [5, 5.41) is 13.6. The summed E-state index contributed by atoms with van der Waals surface area (Å²) in [7, 11) is 6.30. The first-order chi connectivity index (χ1) is 23.5. The average Bonchev–Trinajstić information content (AvgIpc) is 3.08. The molecule has 3 aromatic rings. The molecule has 0 bridgehead atoms. The van der Waals surface area contributed by atoms with Gasteiger partial charge in [0.2, 0.25) is 0 Å². The van der Waals surface area contributed by atoms with Gasteiger partial charge in [-0.2, -0.15) is 0 Å². The zero-order valence-corrected chi connectivity index (χ0v) is 33.0. The predicted octanol–water partition coefficient (Wildman–Crippen LogP) is 9.59. The Morgan fingerprint density at radius 1 is 0.720 bits per heavy atom. The van der Waals surface area contributed by atoms with Crippen LogP contribution in [-0.2, 0) is 14.9 Å². The minimum atomic E-state index is -0.366. The van der Waals surface area contributed by atoms with E-state index in [4.69, 9.17) is 28.1 Å². The zero-order valence-electron chi connectivity index (χ0n) is 29.8. The van der Waals surface area contributed by atoms with Crippen LogP contribution < -0.4 is 24.1 Å². The van der Waals surface area contributed by atoms with Crippen molar-refractivity contribution in [2.75, 3.05) is 28.4 Å². The summed E-state index contributed by atoms with van der Waals surface area (Å²) in [6.45, 7) is 12.2. The molecule has 5 rings (SSSR count). The number of methoxy groups -OCH3 is 4. The smallest absolute Gasteiger partial charge is 0.361 e. The number of rotatable bonds is 8. The van der Waals surface area contributed by atoms with Crippen LogP contribution in [0.4, 0.5) is 0 Å². The minimum Gasteiger partial charge on any atom is -0.871 e. The number of allylic oxidation sites excluding steroid dienone is 7. The number of carbonyl (C=O) groups excluding carboxylic acids is 1. The fourth-order valence-corrected chi connectivity index (χ4v) is 6.39. The second-order valence-corrected chi connectivity index (χ2v) is 15.5. The van der Waals surface area contributed by atoms with Crippen molar-refractivity contribution >= 4 is 49.5 Å². The Balaban J connectivity index is 1.59. The van der Waals surface area contributed by atoms with E-state index in [0.29, 0.717) is 77.2 Å². The third-order valence-corrected chi connectivity index (χ3v) is 9.73. The molecule has 50 heavy (non-hydrogen) atoms. The highest BCUT2D eigenvalue weighted by atomic mass is 79.9. The Bertz CT molecular complexity index is 1980. The van der Waals surface area contributed by atoms with Gasteiger partial charge in [0, 0.05) is 28.2 Å². The van der Waals surface area contributed by atoms with Crippen molar-refractivity contribution in [3.05, 3.63) is 109 Å². The maximum Gasteiger partial charge on any atom is 0.361 e. The Kier molecular flexibility index (Phi) is 10.5. The largest absolute Gasteiger partial charge is 0.871 e. The molecule has 1 aliphatic carbocycles. The summed E-state index contributed by atoms with van der Waals surface area (Å²) in [6.07, 6.45) is 6.90. The van der Waals surface area contributed by atoms with Crippen LogP contribution in [0.1, 0.15) is 58.4 Å². The molecule has 262 valence electrons. The third-order valence-electron chi connectivity index (χ3n) is 8.17. The van der Waals surface area contributed by atoms with Crippen molar-refractivity contribution < 1.29 is 38.0 Å². The molecule has 0 fully saturated rings. The lowest BCUT2D eigenvalue weighted by Crippen LogP contribution is -2.29. The van der Waals surface area contributed by atoms with Gasteiger partial charge in [-0.1, -0.05) is 26.5 Å². The molecule has 0 radical (unpaired) electrons. The highest BCUT2D eigenvalue weighted by Crippen LogP contribution is 2.43. The lowest BCUT2D eigenvalue weighted by Gasteiger charge is -2.30. The Morgan fingerprint density at radius 2 is 1.24 bits per heavy atom. The van der Waals surface area contributed by atoms with Gasteiger partial charge in [-0.25, -0.2) is 4.42 Å². The second kappa shape index (κ2) is 14.2. The third kappa shape index (κ3) is 7.42. The van der Waals surface area contributed by atoms with Crippen LogP contribution in [0.3, 0.4) is 0 Å². The van der Waals surface area contributed by atoms with E-state index in [2.05, 4.69) is 31.9 Å². The summed E-state index contributed by atoms with van der Waals surface area (Å²) < 4.78 is 36.2. The number of Topliss-reactive ketones (excluding diaryl/α,β-unsaturated/α-hetero) is 1. The van der Waals surface area contributed by atoms with Crippen LogP contribution in [0, 0.1) is 5.41 Å². The maximum absolute atomic E-state index is 13.6. The lowest BCUT2D eigenvalue weighted by atomic mass is 9.84. The molecule has 0 saturated carbocycles. The van der Waals surface area contributed by atoms with Gasteiger partial charge in [0.1, 0.15) is 43.5 Å². The summed E-state index contributed by atoms with van der Waals surface area (Å²) in [6, 6.07) is 11.0. The molecule has 0 N–H and O–H groups in total. The number of carbonyl (C=O) groups is 1. The van der Waals surface area contributed by atoms with E-state index < -0.39 is 0 Å². The number of halogens is 2. The van der Waals surface area contributed by atoms with Crippen molar-refractivity contribution in [3.8, 4) is 34.3 Å². The standard InChI is InChI=1S/C40H40Br2O8/c1-39(2,3)33-15-21(13-27(49-33)23-17-29(45-7)35(41)30(18-23)46-8)11-25-37(43)26(38(25)44)12-22-14-28(50-34(16-22)40(4,5)6)24-19-31(47-9)36(42)32(20-24)48-10/h11-20H,1-10H3. The summed E-state index contributed by atoms with van der Waals surface area (Å²) >= 11 is 7.03. The Labute approximate surface area is 310 Å². The van der Waals surface area contributed by atoms with Crippen molar-refractivity contribution in [1.29, 1.82) is 0 Å². The molecule has 0 spiro atoms. The lowest BCUT2D eigenvalue weighted by molar-refractivity contribution is -0.300. The summed E-state index contributed by atoms with van der Waals surface area (Å²) in [5.74, 6) is 4.00. The molecule has 2 aromatic carbocycles. The molecule has 0 saturated heterocycles. The van der Waals surface area contributed by atoms with Crippen LogP contribution in [0.2, 0.25) is 0 Å². The number of hydrogen-bond acceptors (Lipinski definition) is 7. The van der Waals surface area contributed by atoms with Crippen molar-refractivity contribution in [3.63, 3.8) is 0 Å². The highest BCUT2D eigenvalue weighted by molar-refractivity contribution is 9.11. The molecular weight excluding hydrogens is 768 g/mol. The first kappa shape index (κ1) is 37.0. The van der Waals surface area contributed by atoms with Crippen LogP contribution in [0.15, 0.2) is 96.2 Å². The fraction of sp³-hybridized carbons (Fsp3) is 0.300. The first-order valence-electron chi connectivity index (χ1n) is 15.8. The quantitative estimate of drug-likeness (QED) is 0.164. The van der Waals surface area contributed by atoms with Gasteiger partial charge in [0.05, 0.1) is 45.5 Å². The molecule has 2 heterocycles. The van der Waals surface area contributed by atoms with Gasteiger partial charge in [-0.05, 0) is 112 Å². The number of benzene rings is 2. The van der Waals surface area contributed by atoms with Crippen molar-refractivity contribution in [2.45, 2.75) is 47.0 Å². The predicted molar refractivity (Wildman–Crippen MR) is 200 cm³/mol. The van der Waals surface area contributed by atoms with Gasteiger partial charge in [0.15, 0.2) is 5.78 Å². The van der Waals surface area contributed by atoms with Crippen LogP contribution in [-0.4, -0.2) is 34.2 Å². The molecule has 0 unspecified atom stereocenters. The average molecular weight is 809 g/mol. The van der Waals surface area contributed by atoms with Crippen molar-refractivity contribution in [2.24, 2.45) is 5.41 Å². The van der Waals surface area contributed by atoms with Crippen molar-refractivity contribution in [1.82, 2.24) is 0 Å². The Hall–Kier alpha value is -4.28. The molecule has 1 aromatic heterocycles. The molecular formula is C40H40Br2O8. The van der Waals surface area contributed by atoms with Crippen LogP contribution in [0.25, 0.3) is 23.2 Å². The summed E-state index contributed by atoms with van der Waals surface area (Å²) in [4.78, 5) is 13.6. The molecule has 0 amide bonds. The highest BCUT2D eigenvalue weighted by Gasteiger charge is 2.32. The maximum atomic E-state index is 13.6. The molecule has 1 aliphatic heterocycles. The minimum absolute atomic E-state index is 0.0958. The van der Waals surface area contributed by atoms with E-state index in [1.54, 1.807) is 52.7 Å². The van der Waals surface area contributed by atoms with Gasteiger partial charge in [0.25, 0.3) is 0 Å². The zero-order chi connectivity index (χ0) is 36.7. The normalized spacial score (nSPS) is 16.5. The van der Waals surface area contributed by atoms with E-state index in [1.165, 1.54) is 0 Å². The van der Waals surface area contributed by atoms with Gasteiger partial charge >= 0.3 is 11.5 Å². The van der Waals surface area contributed by atoms with E-state index >= 15 is 0 Å². The topological polar surface area (TPSA) is 97.6 Å². The van der Waals surface area contributed by atoms with E-state index in [-0.39, 0.29) is 33.5 Å². The molecule has 2 aliphatic rings. The fourth-order valence-electron chi connectivity index (χ4n) is 5.29. The molecule has 0 atom stereocenters. The van der Waals surface area contributed by atoms with E-state index in [1.807, 2.05) is 78.0 Å². The second-order valence-electron chi connectivity index (χ2n) is 13.9. The van der Waals surface area contributed by atoms with Gasteiger partial charge < -0.3 is 28.8 Å². The first-order valence-corrected chi connectivity index (χ1v) is 17.4. The molecule has 8 nitrogen and oxygen atoms in total. The monoisotopic (exact) mass is 806 g/mol. The van der Waals surface area contributed by atoms with Gasteiger partial charge in [-0.15, -0.1) is 0 Å². The summed E-state index contributed by atoms with van der Waals surface area (Å²) in [5.41, 5.74) is 2.19. The van der Waals surface area contributed by atoms with Gasteiger partial charge in [-0.3, -0.25) is 4.79 Å². The number of hydrogen-bond donors (Lipinski definition) is 0.